The molecule has 0 spiro atoms. The van der Waals surface area contributed by atoms with Gasteiger partial charge in [0, 0.05) is 0 Å². The minimum absolute atomic E-state index is 1.11. The Kier molecular flexibility index (Phi) is 1.59. The van der Waals surface area contributed by atoms with Crippen molar-refractivity contribution in [3.8, 4) is 0 Å². The predicted octanol–water partition coefficient (Wildman–Crippen LogP) is 0.990. The Hall–Kier alpha value is 0.650. The number of halogens is 2. The number of alkyl halides is 2. The van der Waals surface area contributed by atoms with Gasteiger partial charge in [-0.1, -0.05) is 0 Å². The topological polar surface area (TPSA) is 65.0 Å². The standard InChI is InChI=1S/C3H3Cl2O5P/c4-2(5)1(6)3-8-11(7,9-3)10-3/h1-2,6H. The Morgan fingerprint density at radius 2 is 1.82 bits per heavy atom. The molecule has 0 aliphatic carbocycles. The van der Waals surface area contributed by atoms with Crippen molar-refractivity contribution in [2.24, 2.45) is 0 Å². The van der Waals surface area contributed by atoms with Crippen molar-refractivity contribution in [3.63, 3.8) is 0 Å². The third-order valence-corrected chi connectivity index (χ3v) is 3.23. The number of hydrogen-bond acceptors (Lipinski definition) is 5. The third-order valence-electron chi connectivity index (χ3n) is 1.32. The molecule has 11 heavy (non-hydrogen) atoms. The molecule has 0 saturated carbocycles. The average Bonchev–Trinajstić information content (AvgIpc) is 1.77. The van der Waals surface area contributed by atoms with E-state index in [0.717, 1.165) is 0 Å². The maximum atomic E-state index is 10.6. The van der Waals surface area contributed by atoms with Crippen molar-refractivity contribution in [1.29, 1.82) is 0 Å². The first-order valence-electron chi connectivity index (χ1n) is 2.66. The highest BCUT2D eigenvalue weighted by Gasteiger charge is 2.79. The lowest BCUT2D eigenvalue weighted by Gasteiger charge is -2.56. The fourth-order valence-corrected chi connectivity index (χ4v) is 2.41. The molecule has 3 fully saturated rings. The largest absolute Gasteiger partial charge is 0.488 e. The van der Waals surface area contributed by atoms with Gasteiger partial charge in [0.15, 0.2) is 6.10 Å². The second-order valence-electron chi connectivity index (χ2n) is 2.10. The zero-order chi connectivity index (χ0) is 8.28. The van der Waals surface area contributed by atoms with Crippen LogP contribution in [0.5, 0.6) is 0 Å². The Balaban J connectivity index is 2.04. The summed E-state index contributed by atoms with van der Waals surface area (Å²) in [5.41, 5.74) is 0. The van der Waals surface area contributed by atoms with Crippen LogP contribution in [0.2, 0.25) is 0 Å². The van der Waals surface area contributed by atoms with Gasteiger partial charge < -0.3 is 5.11 Å². The summed E-state index contributed by atoms with van der Waals surface area (Å²) in [6, 6.07) is 0. The molecule has 1 unspecified atom stereocenters. The van der Waals surface area contributed by atoms with Crippen LogP contribution in [0.1, 0.15) is 0 Å². The maximum absolute atomic E-state index is 10.6. The summed E-state index contributed by atoms with van der Waals surface area (Å²) >= 11 is 10.6. The van der Waals surface area contributed by atoms with Gasteiger partial charge in [-0.3, -0.25) is 0 Å². The minimum atomic E-state index is -3.26. The SMILES string of the molecule is O=P12OC(C(O)C(Cl)Cl)(O1)O2. The first kappa shape index (κ1) is 8.26. The molecule has 2 bridgehead atoms. The number of aliphatic hydroxyl groups is 1. The Bertz CT molecular complexity index is 215. The summed E-state index contributed by atoms with van der Waals surface area (Å²) in [6.45, 7) is 0. The molecule has 3 heterocycles. The molecule has 3 rings (SSSR count). The molecule has 1 N–H and O–H groups in total. The summed E-state index contributed by atoms with van der Waals surface area (Å²) in [6.07, 6.45) is -1.35. The molecule has 3 aliphatic rings. The highest BCUT2D eigenvalue weighted by molar-refractivity contribution is 7.51. The van der Waals surface area contributed by atoms with Gasteiger partial charge in [0.2, 0.25) is 0 Å². The van der Waals surface area contributed by atoms with Gasteiger partial charge in [-0.15, -0.1) is 23.2 Å². The van der Waals surface area contributed by atoms with Gasteiger partial charge in [-0.2, -0.15) is 0 Å². The zero-order valence-electron chi connectivity index (χ0n) is 4.94. The number of hydrogen-bond donors (Lipinski definition) is 1. The summed E-state index contributed by atoms with van der Waals surface area (Å²) in [7, 11) is -3.26. The van der Waals surface area contributed by atoms with Crippen molar-refractivity contribution < 1.29 is 23.2 Å². The lowest BCUT2D eigenvalue weighted by atomic mass is 10.3. The monoisotopic (exact) mass is 220 g/mol. The molecule has 0 radical (unpaired) electrons. The number of phosphoric ester groups is 1. The summed E-state index contributed by atoms with van der Waals surface area (Å²) < 4.78 is 24.2. The Morgan fingerprint density at radius 1 is 1.36 bits per heavy atom. The van der Waals surface area contributed by atoms with Crippen LogP contribution in [0.4, 0.5) is 0 Å². The van der Waals surface area contributed by atoms with E-state index in [-0.39, 0.29) is 0 Å². The fraction of sp³-hybridized carbons (Fsp3) is 1.00. The molecule has 0 aromatic rings. The highest BCUT2D eigenvalue weighted by Crippen LogP contribution is 2.81. The average molecular weight is 221 g/mol. The van der Waals surface area contributed by atoms with E-state index in [9.17, 15) is 4.57 Å². The Morgan fingerprint density at radius 3 is 2.09 bits per heavy atom. The zero-order valence-corrected chi connectivity index (χ0v) is 7.34. The second kappa shape index (κ2) is 2.12. The van der Waals surface area contributed by atoms with Crippen LogP contribution in [0.3, 0.4) is 0 Å². The summed E-state index contributed by atoms with van der Waals surface area (Å²) in [5.74, 6) is -1.66. The summed E-state index contributed by atoms with van der Waals surface area (Å²) in [4.78, 5) is -1.11. The number of phosphoric acid groups is 1. The second-order valence-corrected chi connectivity index (χ2v) is 4.71. The molecular weight excluding hydrogens is 218 g/mol. The molecule has 3 aliphatic heterocycles. The van der Waals surface area contributed by atoms with Crippen LogP contribution in [0.15, 0.2) is 0 Å². The van der Waals surface area contributed by atoms with Gasteiger partial charge in [-0.05, 0) is 0 Å². The number of aliphatic hydroxyl groups excluding tert-OH is 1. The van der Waals surface area contributed by atoms with E-state index >= 15 is 0 Å². The first-order valence-corrected chi connectivity index (χ1v) is 4.99. The third kappa shape index (κ3) is 0.971. The molecule has 1 atom stereocenters. The molecule has 8 heteroatoms. The van der Waals surface area contributed by atoms with Gasteiger partial charge in [-0.25, -0.2) is 18.1 Å². The van der Waals surface area contributed by atoms with E-state index in [1.807, 2.05) is 0 Å². The molecule has 3 saturated heterocycles. The van der Waals surface area contributed by atoms with Crippen LogP contribution in [-0.4, -0.2) is 22.0 Å². The van der Waals surface area contributed by atoms with Crippen LogP contribution < -0.4 is 0 Å². The Labute approximate surface area is 71.7 Å². The van der Waals surface area contributed by atoms with E-state index in [1.54, 1.807) is 0 Å². The normalized spacial score (nSPS) is 49.8. The summed E-state index contributed by atoms with van der Waals surface area (Å²) in [5, 5.41) is 9.10. The molecule has 0 aromatic carbocycles. The lowest BCUT2D eigenvalue weighted by molar-refractivity contribution is -0.455. The van der Waals surface area contributed by atoms with E-state index in [1.165, 1.54) is 0 Å². The van der Waals surface area contributed by atoms with Gasteiger partial charge in [0.05, 0.1) is 0 Å². The van der Waals surface area contributed by atoms with Gasteiger partial charge in [0.25, 0.3) is 0 Å². The van der Waals surface area contributed by atoms with Crippen molar-refractivity contribution in [2.45, 2.75) is 16.9 Å². The molecule has 0 amide bonds. The van der Waals surface area contributed by atoms with Crippen LogP contribution in [0.25, 0.3) is 0 Å². The van der Waals surface area contributed by atoms with Crippen molar-refractivity contribution in [1.82, 2.24) is 0 Å². The van der Waals surface area contributed by atoms with Crippen molar-refractivity contribution >= 4 is 31.0 Å². The first-order chi connectivity index (χ1) is 4.98. The molecule has 5 nitrogen and oxygen atoms in total. The van der Waals surface area contributed by atoms with Gasteiger partial charge in [0.1, 0.15) is 4.84 Å². The van der Waals surface area contributed by atoms with Crippen LogP contribution >= 0.6 is 31.0 Å². The maximum Gasteiger partial charge on any atom is 0.488 e. The predicted molar refractivity (Wildman–Crippen MR) is 35.1 cm³/mol. The highest BCUT2D eigenvalue weighted by atomic mass is 35.5. The van der Waals surface area contributed by atoms with E-state index in [4.69, 9.17) is 28.3 Å². The molecule has 64 valence electrons. The van der Waals surface area contributed by atoms with E-state index in [2.05, 4.69) is 13.6 Å². The van der Waals surface area contributed by atoms with Crippen molar-refractivity contribution in [2.75, 3.05) is 0 Å². The van der Waals surface area contributed by atoms with Gasteiger partial charge >= 0.3 is 13.8 Å². The lowest BCUT2D eigenvalue weighted by Crippen LogP contribution is -2.65. The molecule has 0 aromatic heterocycles. The smallest absolute Gasteiger partial charge is 0.382 e. The molecular formula is C3H3Cl2O5P. The fourth-order valence-electron chi connectivity index (χ4n) is 0.804. The number of rotatable bonds is 2. The minimum Gasteiger partial charge on any atom is -0.382 e. The van der Waals surface area contributed by atoms with E-state index < -0.39 is 24.7 Å². The quantitative estimate of drug-likeness (QED) is 0.556. The van der Waals surface area contributed by atoms with Crippen molar-refractivity contribution in [3.05, 3.63) is 0 Å². The van der Waals surface area contributed by atoms with E-state index in [0.29, 0.717) is 0 Å². The van der Waals surface area contributed by atoms with Crippen LogP contribution in [-0.2, 0) is 18.1 Å². The van der Waals surface area contributed by atoms with Crippen LogP contribution in [0, 0.1) is 0 Å².